The average molecular weight is 455 g/mol. The number of hydrogen-bond acceptors (Lipinski definition) is 7. The maximum atomic E-state index is 12.1. The minimum Gasteiger partial charge on any atom is -0.369 e. The Morgan fingerprint density at radius 1 is 1.19 bits per heavy atom. The van der Waals surface area contributed by atoms with Crippen LogP contribution in [0, 0.1) is 24.7 Å². The summed E-state index contributed by atoms with van der Waals surface area (Å²) in [5, 5.41) is 14.2. The summed E-state index contributed by atoms with van der Waals surface area (Å²) in [5.41, 5.74) is 8.40. The van der Waals surface area contributed by atoms with Gasteiger partial charge < -0.3 is 16.4 Å². The predicted octanol–water partition coefficient (Wildman–Crippen LogP) is 2.81. The maximum Gasteiger partial charge on any atom is 0.229 e. The van der Waals surface area contributed by atoms with Gasteiger partial charge in [-0.05, 0) is 60.4 Å². The summed E-state index contributed by atoms with van der Waals surface area (Å²) in [7, 11) is -1.53. The van der Waals surface area contributed by atoms with Crippen LogP contribution in [0.15, 0.2) is 46.7 Å². The van der Waals surface area contributed by atoms with Crippen LogP contribution in [0.2, 0.25) is 0 Å². The van der Waals surface area contributed by atoms with Gasteiger partial charge in [-0.1, -0.05) is 12.2 Å². The van der Waals surface area contributed by atoms with Crippen molar-refractivity contribution in [1.29, 1.82) is 0 Å². The Hall–Kier alpha value is -2.82. The van der Waals surface area contributed by atoms with E-state index in [-0.39, 0.29) is 29.7 Å². The van der Waals surface area contributed by atoms with E-state index in [0.29, 0.717) is 16.7 Å². The number of aromatic nitrogens is 2. The number of carbonyl (C=O) groups excluding carboxylic acids is 1. The standard InChI is InChI=1S/C21H22N6O2S2/c1-10-9-30-18-16(10)26-21(24-13-4-6-14(7-5-13)31(23)29)27-20(18)25-17-12-3-2-11(8-12)15(17)19(22)28/h2-7,9,11-12,15,17H,8,23H2,1H3,(H2,22,28)(H2,24,25,26,27). The normalized spacial score (nSPS) is 25.1. The van der Waals surface area contributed by atoms with E-state index in [1.165, 1.54) is 0 Å². The van der Waals surface area contributed by atoms with Crippen LogP contribution in [-0.2, 0) is 15.8 Å². The quantitative estimate of drug-likeness (QED) is 0.423. The molecule has 2 aromatic heterocycles. The van der Waals surface area contributed by atoms with E-state index < -0.39 is 11.0 Å². The lowest BCUT2D eigenvalue weighted by Gasteiger charge is -2.27. The topological polar surface area (TPSA) is 136 Å². The number of primary amides is 1. The third kappa shape index (κ3) is 3.60. The molecule has 2 bridgehead atoms. The highest BCUT2D eigenvalue weighted by atomic mass is 32.2. The van der Waals surface area contributed by atoms with E-state index in [9.17, 15) is 9.00 Å². The number of nitrogens with one attached hydrogen (secondary N) is 2. The van der Waals surface area contributed by atoms with Crippen molar-refractivity contribution < 1.29 is 9.00 Å². The fraction of sp³-hybridized carbons (Fsp3) is 0.286. The fourth-order valence-corrected chi connectivity index (χ4v) is 5.90. The number of carbonyl (C=O) groups is 1. The largest absolute Gasteiger partial charge is 0.369 e. The number of benzene rings is 1. The number of amides is 1. The molecule has 1 saturated carbocycles. The number of fused-ring (bicyclic) bond motifs is 3. The fourth-order valence-electron chi connectivity index (χ4n) is 4.55. The minimum atomic E-state index is -1.53. The van der Waals surface area contributed by atoms with Gasteiger partial charge in [0, 0.05) is 11.7 Å². The van der Waals surface area contributed by atoms with Crippen molar-refractivity contribution in [1.82, 2.24) is 9.97 Å². The van der Waals surface area contributed by atoms with E-state index >= 15 is 0 Å². The number of anilines is 3. The van der Waals surface area contributed by atoms with E-state index in [1.54, 1.807) is 35.6 Å². The van der Waals surface area contributed by atoms with Gasteiger partial charge in [0.05, 0.1) is 21.0 Å². The lowest BCUT2D eigenvalue weighted by Crippen LogP contribution is -2.41. The van der Waals surface area contributed by atoms with Gasteiger partial charge in [-0.15, -0.1) is 11.3 Å². The van der Waals surface area contributed by atoms with Gasteiger partial charge in [-0.2, -0.15) is 4.98 Å². The zero-order valence-corrected chi connectivity index (χ0v) is 18.4. The second kappa shape index (κ2) is 7.70. The second-order valence-corrected chi connectivity index (χ2v) is 9.93. The molecular weight excluding hydrogens is 432 g/mol. The van der Waals surface area contributed by atoms with Crippen LogP contribution >= 0.6 is 11.3 Å². The molecule has 0 radical (unpaired) electrons. The Labute approximate surface area is 185 Å². The number of nitrogens with two attached hydrogens (primary N) is 2. The summed E-state index contributed by atoms with van der Waals surface area (Å²) in [6, 6.07) is 6.88. The minimum absolute atomic E-state index is 0.0836. The highest BCUT2D eigenvalue weighted by molar-refractivity contribution is 7.82. The molecule has 1 amide bonds. The molecule has 31 heavy (non-hydrogen) atoms. The lowest BCUT2D eigenvalue weighted by molar-refractivity contribution is -0.122. The number of aryl methyl sites for hydroxylation is 1. The molecule has 2 heterocycles. The molecule has 0 spiro atoms. The summed E-state index contributed by atoms with van der Waals surface area (Å²) in [5.74, 6) is 1.05. The molecule has 5 atom stereocenters. The Kier molecular flexibility index (Phi) is 4.99. The van der Waals surface area contributed by atoms with Crippen molar-refractivity contribution in [2.75, 3.05) is 10.6 Å². The number of rotatable bonds is 6. The molecule has 1 aromatic carbocycles. The van der Waals surface area contributed by atoms with Crippen LogP contribution in [0.5, 0.6) is 0 Å². The van der Waals surface area contributed by atoms with Crippen LogP contribution in [0.4, 0.5) is 17.5 Å². The van der Waals surface area contributed by atoms with Gasteiger partial charge in [0.15, 0.2) is 0 Å². The molecular formula is C21H22N6O2S2. The molecule has 5 unspecified atom stereocenters. The van der Waals surface area contributed by atoms with E-state index in [2.05, 4.69) is 27.8 Å². The molecule has 5 rings (SSSR count). The van der Waals surface area contributed by atoms with Crippen molar-refractivity contribution in [2.45, 2.75) is 24.3 Å². The van der Waals surface area contributed by atoms with Crippen LogP contribution < -0.4 is 21.5 Å². The summed E-state index contributed by atoms with van der Waals surface area (Å²) in [6.45, 7) is 2.01. The van der Waals surface area contributed by atoms with Crippen LogP contribution in [0.25, 0.3) is 10.2 Å². The van der Waals surface area contributed by atoms with Gasteiger partial charge in [0.2, 0.25) is 11.9 Å². The van der Waals surface area contributed by atoms with Crippen LogP contribution in [0.3, 0.4) is 0 Å². The van der Waals surface area contributed by atoms with Gasteiger partial charge in [0.25, 0.3) is 0 Å². The summed E-state index contributed by atoms with van der Waals surface area (Å²) in [6.07, 6.45) is 5.21. The number of thiophene rings is 1. The Bertz CT molecular complexity index is 1220. The Morgan fingerprint density at radius 2 is 1.94 bits per heavy atom. The van der Waals surface area contributed by atoms with Crippen molar-refractivity contribution in [3.8, 4) is 0 Å². The first-order chi connectivity index (χ1) is 14.9. The monoisotopic (exact) mass is 454 g/mol. The molecule has 8 nitrogen and oxygen atoms in total. The van der Waals surface area contributed by atoms with Crippen molar-refractivity contribution in [2.24, 2.45) is 28.6 Å². The number of allylic oxidation sites excluding steroid dienone is 1. The van der Waals surface area contributed by atoms with E-state index in [4.69, 9.17) is 15.9 Å². The molecule has 3 aromatic rings. The zero-order chi connectivity index (χ0) is 21.7. The smallest absolute Gasteiger partial charge is 0.229 e. The summed E-state index contributed by atoms with van der Waals surface area (Å²) in [4.78, 5) is 22.1. The van der Waals surface area contributed by atoms with Gasteiger partial charge in [-0.3, -0.25) is 4.79 Å². The highest BCUT2D eigenvalue weighted by Gasteiger charge is 2.47. The van der Waals surface area contributed by atoms with Crippen molar-refractivity contribution in [3.05, 3.63) is 47.4 Å². The van der Waals surface area contributed by atoms with Gasteiger partial charge in [0.1, 0.15) is 16.8 Å². The first-order valence-electron chi connectivity index (χ1n) is 9.94. The molecule has 2 aliphatic rings. The molecule has 0 aliphatic heterocycles. The van der Waals surface area contributed by atoms with Crippen LogP contribution in [-0.4, -0.2) is 26.1 Å². The zero-order valence-electron chi connectivity index (χ0n) is 16.7. The third-order valence-corrected chi connectivity index (χ3v) is 7.86. The van der Waals surface area contributed by atoms with Crippen molar-refractivity contribution in [3.63, 3.8) is 0 Å². The third-order valence-electron chi connectivity index (χ3n) is 6.03. The van der Waals surface area contributed by atoms with Crippen molar-refractivity contribution >= 4 is 55.9 Å². The maximum absolute atomic E-state index is 12.1. The molecule has 10 heteroatoms. The van der Waals surface area contributed by atoms with Gasteiger partial charge in [-0.25, -0.2) is 14.3 Å². The average Bonchev–Trinajstić information content (AvgIpc) is 3.44. The lowest BCUT2D eigenvalue weighted by atomic mass is 9.88. The molecule has 0 saturated heterocycles. The number of hydrogen-bond donors (Lipinski definition) is 4. The predicted molar refractivity (Wildman–Crippen MR) is 123 cm³/mol. The first-order valence-corrected chi connectivity index (χ1v) is 12.0. The Balaban J connectivity index is 1.49. The second-order valence-electron chi connectivity index (χ2n) is 7.99. The SMILES string of the molecule is Cc1csc2c(NC3C4C=CC(C4)C3C(N)=O)nc(Nc3ccc(S(N)=O)cc3)nc12. The molecule has 6 N–H and O–H groups in total. The number of nitrogens with zero attached hydrogens (tertiary/aromatic N) is 2. The Morgan fingerprint density at radius 3 is 2.65 bits per heavy atom. The molecule has 160 valence electrons. The first kappa shape index (κ1) is 20.1. The summed E-state index contributed by atoms with van der Waals surface area (Å²) < 4.78 is 12.4. The highest BCUT2D eigenvalue weighted by Crippen LogP contribution is 2.45. The summed E-state index contributed by atoms with van der Waals surface area (Å²) >= 11 is 1.58. The molecule has 2 aliphatic carbocycles. The van der Waals surface area contributed by atoms with Gasteiger partial charge >= 0.3 is 0 Å². The van der Waals surface area contributed by atoms with E-state index in [1.807, 2.05) is 12.3 Å². The molecule has 1 fully saturated rings. The van der Waals surface area contributed by atoms with Crippen LogP contribution in [0.1, 0.15) is 12.0 Å². The van der Waals surface area contributed by atoms with E-state index in [0.717, 1.165) is 27.9 Å².